The Morgan fingerprint density at radius 2 is 2.06 bits per heavy atom. The van der Waals surface area contributed by atoms with E-state index in [0.29, 0.717) is 6.04 Å². The standard InChI is InChI=1S/C15H20N2O/c1-10(2)16-8-14-15(18-9-17-14)13-6-5-11(3)7-12(13)4/h5-7,9-10,16H,8H2,1-4H3. The predicted octanol–water partition coefficient (Wildman–Crippen LogP) is 3.46. The number of rotatable bonds is 4. The number of hydrogen-bond acceptors (Lipinski definition) is 3. The first-order valence-corrected chi connectivity index (χ1v) is 6.31. The van der Waals surface area contributed by atoms with Crippen molar-refractivity contribution in [1.29, 1.82) is 0 Å². The molecule has 1 heterocycles. The minimum Gasteiger partial charge on any atom is -0.443 e. The Morgan fingerprint density at radius 1 is 1.28 bits per heavy atom. The third-order valence-electron chi connectivity index (χ3n) is 2.95. The summed E-state index contributed by atoms with van der Waals surface area (Å²) in [6.45, 7) is 9.17. The fourth-order valence-electron chi connectivity index (χ4n) is 1.98. The van der Waals surface area contributed by atoms with Crippen LogP contribution >= 0.6 is 0 Å². The van der Waals surface area contributed by atoms with E-state index < -0.39 is 0 Å². The summed E-state index contributed by atoms with van der Waals surface area (Å²) in [4.78, 5) is 4.30. The molecule has 0 saturated carbocycles. The van der Waals surface area contributed by atoms with Gasteiger partial charge in [-0.1, -0.05) is 37.6 Å². The Kier molecular flexibility index (Phi) is 3.82. The molecule has 1 aromatic heterocycles. The Morgan fingerprint density at radius 3 is 2.72 bits per heavy atom. The molecule has 0 bridgehead atoms. The molecule has 0 aliphatic carbocycles. The Bertz CT molecular complexity index is 529. The first-order chi connectivity index (χ1) is 8.58. The maximum atomic E-state index is 5.55. The van der Waals surface area contributed by atoms with Crippen molar-refractivity contribution in [3.05, 3.63) is 41.4 Å². The SMILES string of the molecule is Cc1ccc(-c2ocnc2CNC(C)C)c(C)c1. The summed E-state index contributed by atoms with van der Waals surface area (Å²) in [5, 5.41) is 3.37. The van der Waals surface area contributed by atoms with Crippen LogP contribution in [0.15, 0.2) is 29.0 Å². The van der Waals surface area contributed by atoms with Crippen LogP contribution in [0.25, 0.3) is 11.3 Å². The topological polar surface area (TPSA) is 38.1 Å². The van der Waals surface area contributed by atoms with E-state index in [1.807, 2.05) is 0 Å². The van der Waals surface area contributed by atoms with Crippen LogP contribution in [0, 0.1) is 13.8 Å². The number of oxazole rings is 1. The molecule has 0 unspecified atom stereocenters. The first-order valence-electron chi connectivity index (χ1n) is 6.31. The summed E-state index contributed by atoms with van der Waals surface area (Å²) in [6, 6.07) is 6.81. The van der Waals surface area contributed by atoms with Gasteiger partial charge in [-0.25, -0.2) is 4.98 Å². The zero-order valence-corrected chi connectivity index (χ0v) is 11.4. The van der Waals surface area contributed by atoms with Gasteiger partial charge in [0.15, 0.2) is 12.2 Å². The molecule has 0 fully saturated rings. The van der Waals surface area contributed by atoms with Crippen LogP contribution in [-0.4, -0.2) is 11.0 Å². The van der Waals surface area contributed by atoms with Crippen LogP contribution in [0.2, 0.25) is 0 Å². The molecule has 0 radical (unpaired) electrons. The minimum absolute atomic E-state index is 0.439. The zero-order valence-electron chi connectivity index (χ0n) is 11.4. The van der Waals surface area contributed by atoms with Crippen molar-refractivity contribution in [3.8, 4) is 11.3 Å². The summed E-state index contributed by atoms with van der Waals surface area (Å²) < 4.78 is 5.55. The van der Waals surface area contributed by atoms with Gasteiger partial charge in [0.25, 0.3) is 0 Å². The normalized spacial score (nSPS) is 11.2. The third-order valence-corrected chi connectivity index (χ3v) is 2.95. The number of aromatic nitrogens is 1. The van der Waals surface area contributed by atoms with Crippen molar-refractivity contribution >= 4 is 0 Å². The van der Waals surface area contributed by atoms with Gasteiger partial charge >= 0.3 is 0 Å². The third kappa shape index (κ3) is 2.79. The van der Waals surface area contributed by atoms with E-state index in [4.69, 9.17) is 4.42 Å². The predicted molar refractivity (Wildman–Crippen MR) is 73.4 cm³/mol. The monoisotopic (exact) mass is 244 g/mol. The molecule has 0 spiro atoms. The highest BCUT2D eigenvalue weighted by Crippen LogP contribution is 2.27. The zero-order chi connectivity index (χ0) is 13.1. The largest absolute Gasteiger partial charge is 0.443 e. The fourth-order valence-corrected chi connectivity index (χ4v) is 1.98. The second-order valence-corrected chi connectivity index (χ2v) is 4.98. The molecule has 1 N–H and O–H groups in total. The second kappa shape index (κ2) is 5.36. The van der Waals surface area contributed by atoms with Crippen molar-refractivity contribution < 1.29 is 4.42 Å². The van der Waals surface area contributed by atoms with Crippen LogP contribution in [0.3, 0.4) is 0 Å². The van der Waals surface area contributed by atoms with E-state index in [9.17, 15) is 0 Å². The molecule has 2 rings (SSSR count). The van der Waals surface area contributed by atoms with Gasteiger partial charge in [-0.05, 0) is 19.4 Å². The molecule has 0 atom stereocenters. The van der Waals surface area contributed by atoms with Gasteiger partial charge in [-0.15, -0.1) is 0 Å². The Balaban J connectivity index is 2.30. The van der Waals surface area contributed by atoms with Crippen LogP contribution in [0.4, 0.5) is 0 Å². The fraction of sp³-hybridized carbons (Fsp3) is 0.400. The second-order valence-electron chi connectivity index (χ2n) is 4.98. The summed E-state index contributed by atoms with van der Waals surface area (Å²) in [7, 11) is 0. The van der Waals surface area contributed by atoms with Gasteiger partial charge in [0.05, 0.1) is 0 Å². The van der Waals surface area contributed by atoms with Crippen LogP contribution < -0.4 is 5.32 Å². The first kappa shape index (κ1) is 12.8. The molecule has 18 heavy (non-hydrogen) atoms. The van der Waals surface area contributed by atoms with E-state index in [2.05, 4.69) is 56.2 Å². The molecule has 3 nitrogen and oxygen atoms in total. The van der Waals surface area contributed by atoms with Crippen LogP contribution in [0.1, 0.15) is 30.7 Å². The summed E-state index contributed by atoms with van der Waals surface area (Å²) in [5.41, 5.74) is 4.57. The molecule has 0 saturated heterocycles. The highest BCUT2D eigenvalue weighted by molar-refractivity contribution is 5.64. The van der Waals surface area contributed by atoms with Crippen LogP contribution in [-0.2, 0) is 6.54 Å². The van der Waals surface area contributed by atoms with Gasteiger partial charge in [-0.3, -0.25) is 0 Å². The van der Waals surface area contributed by atoms with Gasteiger partial charge in [0.1, 0.15) is 5.69 Å². The molecule has 96 valence electrons. The highest BCUT2D eigenvalue weighted by Gasteiger charge is 2.13. The molecule has 0 aliphatic heterocycles. The van der Waals surface area contributed by atoms with E-state index in [-0.39, 0.29) is 0 Å². The molecule has 3 heteroatoms. The van der Waals surface area contributed by atoms with Crippen molar-refractivity contribution in [1.82, 2.24) is 10.3 Å². The molecule has 0 amide bonds. The lowest BCUT2D eigenvalue weighted by Crippen LogP contribution is -2.22. The molecule has 2 aromatic rings. The smallest absolute Gasteiger partial charge is 0.181 e. The van der Waals surface area contributed by atoms with Gasteiger partial charge < -0.3 is 9.73 Å². The maximum absolute atomic E-state index is 5.55. The number of nitrogens with zero attached hydrogens (tertiary/aromatic N) is 1. The lowest BCUT2D eigenvalue weighted by atomic mass is 10.0. The lowest BCUT2D eigenvalue weighted by molar-refractivity contribution is 0.562. The van der Waals surface area contributed by atoms with Gasteiger partial charge in [0.2, 0.25) is 0 Å². The average Bonchev–Trinajstić information content (AvgIpc) is 2.74. The van der Waals surface area contributed by atoms with E-state index in [1.165, 1.54) is 17.5 Å². The Hall–Kier alpha value is -1.61. The number of benzene rings is 1. The number of nitrogens with one attached hydrogen (secondary N) is 1. The van der Waals surface area contributed by atoms with E-state index in [0.717, 1.165) is 23.6 Å². The quantitative estimate of drug-likeness (QED) is 0.895. The number of aryl methyl sites for hydroxylation is 2. The van der Waals surface area contributed by atoms with E-state index in [1.54, 1.807) is 0 Å². The average molecular weight is 244 g/mol. The summed E-state index contributed by atoms with van der Waals surface area (Å²) in [6.07, 6.45) is 1.52. The van der Waals surface area contributed by atoms with Crippen molar-refractivity contribution in [2.24, 2.45) is 0 Å². The molecule has 1 aromatic carbocycles. The summed E-state index contributed by atoms with van der Waals surface area (Å²) >= 11 is 0. The van der Waals surface area contributed by atoms with Gasteiger partial charge in [0, 0.05) is 18.2 Å². The maximum Gasteiger partial charge on any atom is 0.181 e. The molecular formula is C15H20N2O. The van der Waals surface area contributed by atoms with Crippen molar-refractivity contribution in [3.63, 3.8) is 0 Å². The molecule has 0 aliphatic rings. The summed E-state index contributed by atoms with van der Waals surface area (Å²) in [5.74, 6) is 0.876. The highest BCUT2D eigenvalue weighted by atomic mass is 16.3. The lowest BCUT2D eigenvalue weighted by Gasteiger charge is -2.08. The van der Waals surface area contributed by atoms with E-state index >= 15 is 0 Å². The number of hydrogen-bond donors (Lipinski definition) is 1. The molecular weight excluding hydrogens is 224 g/mol. The van der Waals surface area contributed by atoms with Gasteiger partial charge in [-0.2, -0.15) is 0 Å². The van der Waals surface area contributed by atoms with Crippen LogP contribution in [0.5, 0.6) is 0 Å². The van der Waals surface area contributed by atoms with Crippen molar-refractivity contribution in [2.75, 3.05) is 0 Å². The Labute approximate surface area is 108 Å². The van der Waals surface area contributed by atoms with Crippen molar-refractivity contribution in [2.45, 2.75) is 40.3 Å². The minimum atomic E-state index is 0.439.